The van der Waals surface area contributed by atoms with Crippen LogP contribution in [0.5, 0.6) is 11.5 Å². The van der Waals surface area contributed by atoms with Gasteiger partial charge in [-0.3, -0.25) is 4.98 Å². The monoisotopic (exact) mass is 273 g/mol. The molecule has 106 valence electrons. The second kappa shape index (κ2) is 6.39. The lowest BCUT2D eigenvalue weighted by Gasteiger charge is -2.13. The zero-order chi connectivity index (χ0) is 14.5. The number of pyridine rings is 1. The average molecular weight is 273 g/mol. The quantitative estimate of drug-likeness (QED) is 0.909. The van der Waals surface area contributed by atoms with Crippen molar-refractivity contribution in [1.82, 2.24) is 4.98 Å². The van der Waals surface area contributed by atoms with E-state index in [1.165, 1.54) is 0 Å². The van der Waals surface area contributed by atoms with Crippen molar-refractivity contribution >= 4 is 0 Å². The van der Waals surface area contributed by atoms with E-state index < -0.39 is 6.10 Å². The van der Waals surface area contributed by atoms with E-state index in [1.807, 2.05) is 31.2 Å². The van der Waals surface area contributed by atoms with Gasteiger partial charge in [-0.2, -0.15) is 0 Å². The van der Waals surface area contributed by atoms with Crippen LogP contribution in [-0.2, 0) is 6.61 Å². The Morgan fingerprint density at radius 2 is 2.00 bits per heavy atom. The molecule has 0 aliphatic heterocycles. The van der Waals surface area contributed by atoms with Gasteiger partial charge < -0.3 is 14.6 Å². The molecular weight excluding hydrogens is 254 g/mol. The van der Waals surface area contributed by atoms with Gasteiger partial charge >= 0.3 is 0 Å². The fourth-order valence-electron chi connectivity index (χ4n) is 1.89. The minimum Gasteiger partial charge on any atom is -0.493 e. The van der Waals surface area contributed by atoms with Crippen LogP contribution in [-0.4, -0.2) is 17.2 Å². The maximum Gasteiger partial charge on any atom is 0.161 e. The number of aliphatic hydroxyl groups is 1. The SMILES string of the molecule is COc1cc([C@@H](C)O)ccc1OCc1cccc(C)n1. The highest BCUT2D eigenvalue weighted by atomic mass is 16.5. The van der Waals surface area contributed by atoms with E-state index in [9.17, 15) is 5.11 Å². The molecule has 0 aliphatic rings. The highest BCUT2D eigenvalue weighted by Crippen LogP contribution is 2.30. The van der Waals surface area contributed by atoms with E-state index in [0.29, 0.717) is 18.1 Å². The van der Waals surface area contributed by atoms with Crippen molar-refractivity contribution in [2.24, 2.45) is 0 Å². The molecule has 20 heavy (non-hydrogen) atoms. The highest BCUT2D eigenvalue weighted by Gasteiger charge is 2.09. The first kappa shape index (κ1) is 14.3. The molecule has 4 nitrogen and oxygen atoms in total. The summed E-state index contributed by atoms with van der Waals surface area (Å²) in [6.07, 6.45) is -0.531. The van der Waals surface area contributed by atoms with Gasteiger partial charge in [0.25, 0.3) is 0 Å². The molecule has 1 aromatic heterocycles. The van der Waals surface area contributed by atoms with Crippen LogP contribution in [0.2, 0.25) is 0 Å². The van der Waals surface area contributed by atoms with Crippen LogP contribution >= 0.6 is 0 Å². The van der Waals surface area contributed by atoms with Crippen molar-refractivity contribution < 1.29 is 14.6 Å². The summed E-state index contributed by atoms with van der Waals surface area (Å²) in [5.74, 6) is 1.25. The lowest BCUT2D eigenvalue weighted by atomic mass is 10.1. The van der Waals surface area contributed by atoms with Gasteiger partial charge in [0.15, 0.2) is 11.5 Å². The molecule has 1 atom stereocenters. The van der Waals surface area contributed by atoms with Gasteiger partial charge in [-0.15, -0.1) is 0 Å². The molecule has 0 bridgehead atoms. The average Bonchev–Trinajstić information content (AvgIpc) is 2.45. The van der Waals surface area contributed by atoms with Crippen molar-refractivity contribution in [2.75, 3.05) is 7.11 Å². The summed E-state index contributed by atoms with van der Waals surface area (Å²) in [4.78, 5) is 4.38. The molecule has 0 spiro atoms. The summed E-state index contributed by atoms with van der Waals surface area (Å²) >= 11 is 0. The topological polar surface area (TPSA) is 51.6 Å². The fraction of sp³-hybridized carbons (Fsp3) is 0.312. The summed E-state index contributed by atoms with van der Waals surface area (Å²) in [6, 6.07) is 11.2. The molecule has 0 radical (unpaired) electrons. The number of nitrogens with zero attached hydrogens (tertiary/aromatic N) is 1. The third-order valence-corrected chi connectivity index (χ3v) is 2.99. The number of hydrogen-bond acceptors (Lipinski definition) is 4. The Labute approximate surface area is 119 Å². The van der Waals surface area contributed by atoms with E-state index in [1.54, 1.807) is 26.2 Å². The largest absolute Gasteiger partial charge is 0.493 e. The Balaban J connectivity index is 2.13. The summed E-state index contributed by atoms with van der Waals surface area (Å²) < 4.78 is 11.0. The Morgan fingerprint density at radius 3 is 2.65 bits per heavy atom. The zero-order valence-electron chi connectivity index (χ0n) is 12.0. The molecule has 2 aromatic rings. The minimum absolute atomic E-state index is 0.381. The fourth-order valence-corrected chi connectivity index (χ4v) is 1.89. The molecule has 0 saturated carbocycles. The van der Waals surface area contributed by atoms with E-state index >= 15 is 0 Å². The number of hydrogen-bond donors (Lipinski definition) is 1. The Bertz CT molecular complexity index is 582. The van der Waals surface area contributed by atoms with E-state index in [0.717, 1.165) is 17.0 Å². The van der Waals surface area contributed by atoms with Crippen molar-refractivity contribution in [3.8, 4) is 11.5 Å². The van der Waals surface area contributed by atoms with Crippen molar-refractivity contribution in [3.05, 3.63) is 53.3 Å². The van der Waals surface area contributed by atoms with Gasteiger partial charge in [0, 0.05) is 5.69 Å². The molecule has 1 heterocycles. The maximum absolute atomic E-state index is 9.57. The Kier molecular flexibility index (Phi) is 4.58. The second-order valence-corrected chi connectivity index (χ2v) is 4.65. The van der Waals surface area contributed by atoms with Crippen LogP contribution in [0.3, 0.4) is 0 Å². The zero-order valence-corrected chi connectivity index (χ0v) is 12.0. The van der Waals surface area contributed by atoms with Crippen molar-refractivity contribution in [3.63, 3.8) is 0 Å². The molecule has 0 saturated heterocycles. The smallest absolute Gasteiger partial charge is 0.161 e. The van der Waals surface area contributed by atoms with Gasteiger partial charge in [0.1, 0.15) is 6.61 Å². The summed E-state index contributed by atoms with van der Waals surface area (Å²) in [5.41, 5.74) is 2.62. The third kappa shape index (κ3) is 3.48. The van der Waals surface area contributed by atoms with Crippen LogP contribution in [0.15, 0.2) is 36.4 Å². The number of aromatic nitrogens is 1. The maximum atomic E-state index is 9.57. The van der Waals surface area contributed by atoms with Crippen LogP contribution in [0.25, 0.3) is 0 Å². The number of aryl methyl sites for hydroxylation is 1. The van der Waals surface area contributed by atoms with E-state index in [-0.39, 0.29) is 0 Å². The van der Waals surface area contributed by atoms with Gasteiger partial charge in [-0.1, -0.05) is 12.1 Å². The summed E-state index contributed by atoms with van der Waals surface area (Å²) in [5, 5.41) is 9.57. The number of benzene rings is 1. The first-order chi connectivity index (χ1) is 9.60. The number of methoxy groups -OCH3 is 1. The molecule has 4 heteroatoms. The molecule has 0 amide bonds. The molecule has 1 N–H and O–H groups in total. The predicted octanol–water partition coefficient (Wildman–Crippen LogP) is 3.03. The standard InChI is InChI=1S/C16H19NO3/c1-11-5-4-6-14(17-11)10-20-15-8-7-13(12(2)18)9-16(15)19-3/h4-9,12,18H,10H2,1-3H3/t12-/m1/s1. The molecule has 1 aromatic carbocycles. The molecular formula is C16H19NO3. The molecule has 0 aliphatic carbocycles. The predicted molar refractivity (Wildman–Crippen MR) is 76.9 cm³/mol. The van der Waals surface area contributed by atoms with Gasteiger partial charge in [-0.25, -0.2) is 0 Å². The molecule has 0 fully saturated rings. The van der Waals surface area contributed by atoms with Crippen LogP contribution in [0.4, 0.5) is 0 Å². The minimum atomic E-state index is -0.531. The van der Waals surface area contributed by atoms with Crippen LogP contribution in [0.1, 0.15) is 30.0 Å². The number of rotatable bonds is 5. The molecule has 2 rings (SSSR count). The lowest BCUT2D eigenvalue weighted by molar-refractivity contribution is 0.198. The lowest BCUT2D eigenvalue weighted by Crippen LogP contribution is -2.01. The van der Waals surface area contributed by atoms with Crippen molar-refractivity contribution in [1.29, 1.82) is 0 Å². The van der Waals surface area contributed by atoms with Crippen LogP contribution < -0.4 is 9.47 Å². The van der Waals surface area contributed by atoms with Crippen molar-refractivity contribution in [2.45, 2.75) is 26.6 Å². The second-order valence-electron chi connectivity index (χ2n) is 4.65. The number of aliphatic hydroxyl groups excluding tert-OH is 1. The van der Waals surface area contributed by atoms with E-state index in [4.69, 9.17) is 9.47 Å². The normalized spacial score (nSPS) is 12.0. The first-order valence-electron chi connectivity index (χ1n) is 6.51. The third-order valence-electron chi connectivity index (χ3n) is 2.99. The number of ether oxygens (including phenoxy) is 2. The van der Waals surface area contributed by atoms with E-state index in [2.05, 4.69) is 4.98 Å². The van der Waals surface area contributed by atoms with Crippen LogP contribution in [0, 0.1) is 6.92 Å². The summed E-state index contributed by atoms with van der Waals surface area (Å²) in [6.45, 7) is 4.04. The highest BCUT2D eigenvalue weighted by molar-refractivity contribution is 5.43. The Hall–Kier alpha value is -2.07. The van der Waals surface area contributed by atoms with Gasteiger partial charge in [0.2, 0.25) is 0 Å². The Morgan fingerprint density at radius 1 is 1.20 bits per heavy atom. The molecule has 0 unspecified atom stereocenters. The van der Waals surface area contributed by atoms with Gasteiger partial charge in [-0.05, 0) is 43.7 Å². The van der Waals surface area contributed by atoms with Gasteiger partial charge in [0.05, 0.1) is 18.9 Å². The summed E-state index contributed by atoms with van der Waals surface area (Å²) in [7, 11) is 1.58. The first-order valence-corrected chi connectivity index (χ1v) is 6.51.